The number of nitrogens with one attached hydrogen (secondary N) is 1. The lowest BCUT2D eigenvalue weighted by molar-refractivity contribution is 0.0895. The van der Waals surface area contributed by atoms with Crippen molar-refractivity contribution in [2.75, 3.05) is 20.1 Å². The number of ether oxygens (including phenoxy) is 1. The first-order chi connectivity index (χ1) is 11.6. The van der Waals surface area contributed by atoms with Gasteiger partial charge in [-0.1, -0.05) is 23.7 Å². The van der Waals surface area contributed by atoms with E-state index in [0.29, 0.717) is 16.5 Å². The second-order valence-corrected chi connectivity index (χ2v) is 6.38. The summed E-state index contributed by atoms with van der Waals surface area (Å²) in [5.74, 6) is 0.446. The molecule has 0 bridgehead atoms. The van der Waals surface area contributed by atoms with E-state index in [9.17, 15) is 4.79 Å². The second-order valence-electron chi connectivity index (χ2n) is 5.97. The zero-order valence-electron chi connectivity index (χ0n) is 13.6. The standard InChI is InChI=1S/C17H21ClN4O2/c1-21-10-7-13(8-11-21)20-17(23)15-6-9-19-22(15)12-24-16-5-3-2-4-14(16)18/h2-6,9,13H,7-8,10-12H2,1H3,(H,20,23). The topological polar surface area (TPSA) is 59.4 Å². The van der Waals surface area contributed by atoms with Crippen molar-refractivity contribution >= 4 is 17.5 Å². The summed E-state index contributed by atoms with van der Waals surface area (Å²) >= 11 is 6.07. The summed E-state index contributed by atoms with van der Waals surface area (Å²) in [5.41, 5.74) is 0.487. The summed E-state index contributed by atoms with van der Waals surface area (Å²) in [6.07, 6.45) is 3.53. The Kier molecular flexibility index (Phi) is 5.37. The number of nitrogens with zero attached hydrogens (tertiary/aromatic N) is 3. The second kappa shape index (κ2) is 7.68. The molecule has 3 rings (SSSR count). The lowest BCUT2D eigenvalue weighted by Crippen LogP contribution is -2.43. The van der Waals surface area contributed by atoms with Crippen LogP contribution in [0.1, 0.15) is 23.3 Å². The molecule has 6 nitrogen and oxygen atoms in total. The molecule has 128 valence electrons. The number of hydrogen-bond donors (Lipinski definition) is 1. The average molecular weight is 349 g/mol. The van der Waals surface area contributed by atoms with E-state index < -0.39 is 0 Å². The number of carbonyl (C=O) groups excluding carboxylic acids is 1. The van der Waals surface area contributed by atoms with Gasteiger partial charge in [0, 0.05) is 12.2 Å². The Morgan fingerprint density at radius 1 is 1.33 bits per heavy atom. The van der Waals surface area contributed by atoms with Crippen LogP contribution >= 0.6 is 11.6 Å². The fourth-order valence-electron chi connectivity index (χ4n) is 2.73. The first kappa shape index (κ1) is 16.8. The van der Waals surface area contributed by atoms with Gasteiger partial charge in [-0.25, -0.2) is 4.68 Å². The van der Waals surface area contributed by atoms with Gasteiger partial charge in [-0.15, -0.1) is 0 Å². The third-order valence-electron chi connectivity index (χ3n) is 4.18. The predicted molar refractivity (Wildman–Crippen MR) is 92.3 cm³/mol. The highest BCUT2D eigenvalue weighted by molar-refractivity contribution is 6.32. The minimum atomic E-state index is -0.121. The van der Waals surface area contributed by atoms with E-state index in [1.807, 2.05) is 12.1 Å². The zero-order valence-corrected chi connectivity index (χ0v) is 14.4. The first-order valence-corrected chi connectivity index (χ1v) is 8.40. The normalized spacial score (nSPS) is 16.1. The highest BCUT2D eigenvalue weighted by atomic mass is 35.5. The van der Waals surface area contributed by atoms with Crippen LogP contribution < -0.4 is 10.1 Å². The van der Waals surface area contributed by atoms with Crippen LogP contribution in [0.4, 0.5) is 0 Å². The molecule has 1 amide bonds. The Morgan fingerprint density at radius 2 is 2.08 bits per heavy atom. The largest absolute Gasteiger partial charge is 0.470 e. The van der Waals surface area contributed by atoms with Gasteiger partial charge < -0.3 is 15.0 Å². The van der Waals surface area contributed by atoms with E-state index in [2.05, 4.69) is 22.4 Å². The van der Waals surface area contributed by atoms with E-state index >= 15 is 0 Å². The van der Waals surface area contributed by atoms with E-state index in [1.165, 1.54) is 4.68 Å². The zero-order chi connectivity index (χ0) is 16.9. The molecule has 1 saturated heterocycles. The van der Waals surface area contributed by atoms with Crippen molar-refractivity contribution in [2.45, 2.75) is 25.6 Å². The maximum absolute atomic E-state index is 12.5. The molecule has 24 heavy (non-hydrogen) atoms. The highest BCUT2D eigenvalue weighted by Crippen LogP contribution is 2.23. The number of hydrogen-bond acceptors (Lipinski definition) is 4. The molecule has 1 aliphatic heterocycles. The van der Waals surface area contributed by atoms with Crippen molar-refractivity contribution in [3.63, 3.8) is 0 Å². The SMILES string of the molecule is CN1CCC(NC(=O)c2ccnn2COc2ccccc2Cl)CC1. The Balaban J connectivity index is 1.60. The monoisotopic (exact) mass is 348 g/mol. The van der Waals surface area contributed by atoms with Gasteiger partial charge in [0.05, 0.1) is 5.02 Å². The number of piperidine rings is 1. The Hall–Kier alpha value is -2.05. The molecule has 1 aromatic heterocycles. The Labute approximate surface area is 146 Å². The van der Waals surface area contributed by atoms with Crippen molar-refractivity contribution in [3.8, 4) is 5.75 Å². The molecular weight excluding hydrogens is 328 g/mol. The summed E-state index contributed by atoms with van der Waals surface area (Å²) < 4.78 is 7.19. The molecule has 7 heteroatoms. The molecule has 0 radical (unpaired) electrons. The van der Waals surface area contributed by atoms with Crippen LogP contribution in [0.15, 0.2) is 36.5 Å². The number of benzene rings is 1. The van der Waals surface area contributed by atoms with Gasteiger partial charge in [0.1, 0.15) is 11.4 Å². The molecule has 0 saturated carbocycles. The molecule has 0 aliphatic carbocycles. The van der Waals surface area contributed by atoms with Gasteiger partial charge in [-0.05, 0) is 51.2 Å². The van der Waals surface area contributed by atoms with Crippen LogP contribution in [-0.4, -0.2) is 46.8 Å². The van der Waals surface area contributed by atoms with Crippen LogP contribution in [0.5, 0.6) is 5.75 Å². The van der Waals surface area contributed by atoms with E-state index in [-0.39, 0.29) is 18.7 Å². The number of para-hydroxylation sites is 1. The number of rotatable bonds is 5. The van der Waals surface area contributed by atoms with Gasteiger partial charge >= 0.3 is 0 Å². The van der Waals surface area contributed by atoms with Crippen LogP contribution in [0.25, 0.3) is 0 Å². The van der Waals surface area contributed by atoms with Crippen LogP contribution in [0.2, 0.25) is 5.02 Å². The minimum absolute atomic E-state index is 0.121. The Bertz CT molecular complexity index is 695. The summed E-state index contributed by atoms with van der Waals surface area (Å²) in [6, 6.07) is 9.13. The van der Waals surface area contributed by atoms with Crippen molar-refractivity contribution in [2.24, 2.45) is 0 Å². The summed E-state index contributed by atoms with van der Waals surface area (Å²) in [5, 5.41) is 7.78. The molecule has 1 aromatic carbocycles. The maximum Gasteiger partial charge on any atom is 0.269 e. The first-order valence-electron chi connectivity index (χ1n) is 8.02. The van der Waals surface area contributed by atoms with Crippen LogP contribution in [-0.2, 0) is 6.73 Å². The smallest absolute Gasteiger partial charge is 0.269 e. The van der Waals surface area contributed by atoms with Gasteiger partial charge in [0.25, 0.3) is 5.91 Å². The molecule has 2 heterocycles. The highest BCUT2D eigenvalue weighted by Gasteiger charge is 2.21. The van der Waals surface area contributed by atoms with E-state index in [0.717, 1.165) is 25.9 Å². The summed E-state index contributed by atoms with van der Waals surface area (Å²) in [4.78, 5) is 14.8. The number of halogens is 1. The minimum Gasteiger partial charge on any atom is -0.470 e. The molecule has 1 fully saturated rings. The Morgan fingerprint density at radius 3 is 2.83 bits per heavy atom. The average Bonchev–Trinajstić information content (AvgIpc) is 3.05. The molecule has 1 aliphatic rings. The lowest BCUT2D eigenvalue weighted by Gasteiger charge is -2.29. The van der Waals surface area contributed by atoms with Gasteiger partial charge in [-0.2, -0.15) is 5.10 Å². The number of likely N-dealkylation sites (tertiary alicyclic amines) is 1. The van der Waals surface area contributed by atoms with E-state index in [1.54, 1.807) is 24.4 Å². The van der Waals surface area contributed by atoms with Gasteiger partial charge in [-0.3, -0.25) is 4.79 Å². The number of amides is 1. The van der Waals surface area contributed by atoms with E-state index in [4.69, 9.17) is 16.3 Å². The van der Waals surface area contributed by atoms with Gasteiger partial charge in [0.2, 0.25) is 0 Å². The predicted octanol–water partition coefficient (Wildman–Crippen LogP) is 2.40. The number of carbonyl (C=O) groups is 1. The molecule has 0 atom stereocenters. The van der Waals surface area contributed by atoms with Crippen molar-refractivity contribution in [3.05, 3.63) is 47.2 Å². The maximum atomic E-state index is 12.5. The summed E-state index contributed by atoms with van der Waals surface area (Å²) in [7, 11) is 2.10. The van der Waals surface area contributed by atoms with Crippen molar-refractivity contribution in [1.82, 2.24) is 20.0 Å². The van der Waals surface area contributed by atoms with Gasteiger partial charge in [0.15, 0.2) is 6.73 Å². The van der Waals surface area contributed by atoms with Crippen LogP contribution in [0.3, 0.4) is 0 Å². The molecular formula is C17H21ClN4O2. The molecule has 1 N–H and O–H groups in total. The lowest BCUT2D eigenvalue weighted by atomic mass is 10.1. The third-order valence-corrected chi connectivity index (χ3v) is 4.49. The molecule has 0 unspecified atom stereocenters. The van der Waals surface area contributed by atoms with Crippen molar-refractivity contribution in [1.29, 1.82) is 0 Å². The summed E-state index contributed by atoms with van der Waals surface area (Å²) in [6.45, 7) is 2.13. The fourth-order valence-corrected chi connectivity index (χ4v) is 2.92. The fraction of sp³-hybridized carbons (Fsp3) is 0.412. The third kappa shape index (κ3) is 4.07. The number of aromatic nitrogens is 2. The molecule has 0 spiro atoms. The quantitative estimate of drug-likeness (QED) is 0.901. The van der Waals surface area contributed by atoms with Crippen LogP contribution in [0, 0.1) is 0 Å². The molecule has 2 aromatic rings. The van der Waals surface area contributed by atoms with Crippen molar-refractivity contribution < 1.29 is 9.53 Å².